The van der Waals surface area contributed by atoms with Crippen molar-refractivity contribution in [1.82, 2.24) is 0 Å². The van der Waals surface area contributed by atoms with Crippen molar-refractivity contribution >= 4 is 0 Å². The van der Waals surface area contributed by atoms with Crippen LogP contribution in [0.2, 0.25) is 0 Å². The predicted molar refractivity (Wildman–Crippen MR) is 42.5 cm³/mol. The molecular formula is C9H15O. The van der Waals surface area contributed by atoms with Crippen LogP contribution >= 0.6 is 0 Å². The Kier molecular flexibility index (Phi) is 2.94. The summed E-state index contributed by atoms with van der Waals surface area (Å²) >= 11 is 0. The normalized spacial score (nSPS) is 33.7. The fraction of sp³-hybridized carbons (Fsp3) is 0.667. The molecule has 1 aliphatic carbocycles. The molecule has 2 unspecified atom stereocenters. The van der Waals surface area contributed by atoms with Crippen molar-refractivity contribution < 1.29 is 5.11 Å². The zero-order valence-electron chi connectivity index (χ0n) is 6.29. The minimum atomic E-state index is -0.0685. The molecule has 10 heavy (non-hydrogen) atoms. The quantitative estimate of drug-likeness (QED) is 0.579. The summed E-state index contributed by atoms with van der Waals surface area (Å²) in [7, 11) is 0. The maximum Gasteiger partial charge on any atom is 0.0543 e. The molecule has 1 aliphatic rings. The third-order valence-electron chi connectivity index (χ3n) is 2.08. The van der Waals surface area contributed by atoms with E-state index in [1.807, 2.05) is 6.08 Å². The molecule has 0 aliphatic heterocycles. The fourth-order valence-corrected chi connectivity index (χ4v) is 1.42. The molecule has 0 amide bonds. The van der Waals surface area contributed by atoms with Gasteiger partial charge < -0.3 is 5.11 Å². The minimum Gasteiger partial charge on any atom is -0.393 e. The van der Waals surface area contributed by atoms with Crippen LogP contribution in [0.5, 0.6) is 0 Å². The summed E-state index contributed by atoms with van der Waals surface area (Å²) in [6.07, 6.45) is 8.16. The van der Waals surface area contributed by atoms with Crippen molar-refractivity contribution in [2.45, 2.75) is 31.8 Å². The van der Waals surface area contributed by atoms with Gasteiger partial charge in [0.15, 0.2) is 0 Å². The summed E-state index contributed by atoms with van der Waals surface area (Å²) in [5.74, 6) is 0.681. The van der Waals surface area contributed by atoms with Crippen LogP contribution in [-0.4, -0.2) is 11.2 Å². The highest BCUT2D eigenvalue weighted by atomic mass is 16.3. The standard InChI is InChI=1S/C9H15O/c1-2-3-8-4-6-9(10)7-5-8/h2,4,8-10H,1,3,5-7H2. The molecule has 1 nitrogen and oxygen atoms in total. The summed E-state index contributed by atoms with van der Waals surface area (Å²) in [5, 5.41) is 9.14. The van der Waals surface area contributed by atoms with E-state index in [-0.39, 0.29) is 6.10 Å². The van der Waals surface area contributed by atoms with Crippen molar-refractivity contribution in [3.05, 3.63) is 19.1 Å². The van der Waals surface area contributed by atoms with Gasteiger partial charge in [-0.25, -0.2) is 0 Å². The molecule has 0 heterocycles. The zero-order chi connectivity index (χ0) is 7.40. The summed E-state index contributed by atoms with van der Waals surface area (Å²) in [6.45, 7) is 3.69. The summed E-state index contributed by atoms with van der Waals surface area (Å²) < 4.78 is 0. The second-order valence-corrected chi connectivity index (χ2v) is 2.99. The lowest BCUT2D eigenvalue weighted by Gasteiger charge is -2.23. The minimum absolute atomic E-state index is 0.0685. The van der Waals surface area contributed by atoms with Crippen LogP contribution in [0.1, 0.15) is 25.7 Å². The second kappa shape index (κ2) is 3.77. The van der Waals surface area contributed by atoms with E-state index in [1.54, 1.807) is 0 Å². The van der Waals surface area contributed by atoms with E-state index in [9.17, 15) is 0 Å². The molecule has 0 spiro atoms. The highest BCUT2D eigenvalue weighted by Crippen LogP contribution is 2.25. The fourth-order valence-electron chi connectivity index (χ4n) is 1.42. The molecule has 1 N–H and O–H groups in total. The van der Waals surface area contributed by atoms with E-state index in [0.717, 1.165) is 25.7 Å². The van der Waals surface area contributed by atoms with Gasteiger partial charge in [0, 0.05) is 0 Å². The first-order valence-corrected chi connectivity index (χ1v) is 3.95. The van der Waals surface area contributed by atoms with Crippen LogP contribution in [-0.2, 0) is 0 Å². The Balaban J connectivity index is 2.19. The van der Waals surface area contributed by atoms with Gasteiger partial charge in [0.05, 0.1) is 6.10 Å². The van der Waals surface area contributed by atoms with Crippen molar-refractivity contribution in [3.63, 3.8) is 0 Å². The highest BCUT2D eigenvalue weighted by molar-refractivity contribution is 4.88. The Morgan fingerprint density at radius 3 is 2.90 bits per heavy atom. The molecule has 0 aromatic carbocycles. The topological polar surface area (TPSA) is 20.2 Å². The van der Waals surface area contributed by atoms with Gasteiger partial charge in [-0.05, 0) is 38.0 Å². The maximum atomic E-state index is 9.14. The van der Waals surface area contributed by atoms with Gasteiger partial charge in [-0.15, -0.1) is 6.58 Å². The number of hydrogen-bond acceptors (Lipinski definition) is 1. The molecule has 1 rings (SSSR count). The molecule has 0 saturated heterocycles. The lowest BCUT2D eigenvalue weighted by molar-refractivity contribution is 0.134. The largest absolute Gasteiger partial charge is 0.393 e. The first-order chi connectivity index (χ1) is 4.83. The number of rotatable bonds is 2. The van der Waals surface area contributed by atoms with Crippen LogP contribution in [0.25, 0.3) is 0 Å². The molecule has 57 valence electrons. The van der Waals surface area contributed by atoms with Crippen LogP contribution < -0.4 is 0 Å². The van der Waals surface area contributed by atoms with Crippen molar-refractivity contribution in [2.75, 3.05) is 0 Å². The molecule has 2 atom stereocenters. The molecule has 1 fully saturated rings. The number of allylic oxidation sites excluding steroid dienone is 1. The number of aliphatic hydroxyl groups excluding tert-OH is 1. The summed E-state index contributed by atoms with van der Waals surface area (Å²) in [6, 6.07) is 0. The van der Waals surface area contributed by atoms with Crippen LogP contribution in [0.3, 0.4) is 0 Å². The van der Waals surface area contributed by atoms with E-state index < -0.39 is 0 Å². The number of aliphatic hydroxyl groups is 1. The number of hydrogen-bond donors (Lipinski definition) is 1. The Hall–Kier alpha value is -0.300. The van der Waals surface area contributed by atoms with Gasteiger partial charge in [0.1, 0.15) is 0 Å². The third kappa shape index (κ3) is 2.14. The first-order valence-electron chi connectivity index (χ1n) is 3.95. The molecule has 1 saturated carbocycles. The average molecular weight is 139 g/mol. The highest BCUT2D eigenvalue weighted by Gasteiger charge is 2.17. The Morgan fingerprint density at radius 1 is 1.60 bits per heavy atom. The smallest absolute Gasteiger partial charge is 0.0543 e. The Bertz CT molecular complexity index is 101. The van der Waals surface area contributed by atoms with Gasteiger partial charge in [0.2, 0.25) is 0 Å². The van der Waals surface area contributed by atoms with Crippen LogP contribution in [0, 0.1) is 12.3 Å². The van der Waals surface area contributed by atoms with Crippen molar-refractivity contribution in [3.8, 4) is 0 Å². The lowest BCUT2D eigenvalue weighted by Crippen LogP contribution is -2.18. The lowest BCUT2D eigenvalue weighted by atomic mass is 9.85. The van der Waals surface area contributed by atoms with Crippen LogP contribution in [0.4, 0.5) is 0 Å². The van der Waals surface area contributed by atoms with Gasteiger partial charge in [-0.2, -0.15) is 0 Å². The molecule has 1 heteroatoms. The van der Waals surface area contributed by atoms with E-state index >= 15 is 0 Å². The van der Waals surface area contributed by atoms with E-state index in [4.69, 9.17) is 5.11 Å². The van der Waals surface area contributed by atoms with Gasteiger partial charge in [-0.3, -0.25) is 0 Å². The molecule has 0 aromatic heterocycles. The maximum absolute atomic E-state index is 9.14. The van der Waals surface area contributed by atoms with Crippen molar-refractivity contribution in [2.24, 2.45) is 5.92 Å². The Morgan fingerprint density at radius 2 is 2.40 bits per heavy atom. The Labute approximate surface area is 62.8 Å². The summed E-state index contributed by atoms with van der Waals surface area (Å²) in [5.41, 5.74) is 0. The van der Waals surface area contributed by atoms with E-state index in [0.29, 0.717) is 5.92 Å². The van der Waals surface area contributed by atoms with Crippen molar-refractivity contribution in [1.29, 1.82) is 0 Å². The molecule has 0 bridgehead atoms. The van der Waals surface area contributed by atoms with Gasteiger partial charge >= 0.3 is 0 Å². The van der Waals surface area contributed by atoms with Gasteiger partial charge in [-0.1, -0.05) is 6.08 Å². The summed E-state index contributed by atoms with van der Waals surface area (Å²) in [4.78, 5) is 0. The predicted octanol–water partition coefficient (Wildman–Crippen LogP) is 1.93. The van der Waals surface area contributed by atoms with Crippen LogP contribution in [0.15, 0.2) is 12.7 Å². The molecular weight excluding hydrogens is 124 g/mol. The third-order valence-corrected chi connectivity index (χ3v) is 2.08. The van der Waals surface area contributed by atoms with E-state index in [2.05, 4.69) is 13.0 Å². The molecule has 0 aromatic rings. The first kappa shape index (κ1) is 7.80. The molecule has 1 radical (unpaired) electrons. The average Bonchev–Trinajstić information content (AvgIpc) is 1.95. The zero-order valence-corrected chi connectivity index (χ0v) is 6.29. The second-order valence-electron chi connectivity index (χ2n) is 2.99. The van der Waals surface area contributed by atoms with E-state index in [1.165, 1.54) is 0 Å². The van der Waals surface area contributed by atoms with Gasteiger partial charge in [0.25, 0.3) is 0 Å². The monoisotopic (exact) mass is 139 g/mol. The SMILES string of the molecule is C=CCC1[CH]CC(O)CC1.